The van der Waals surface area contributed by atoms with Gasteiger partial charge in [0.1, 0.15) is 5.75 Å². The van der Waals surface area contributed by atoms with E-state index < -0.39 is 0 Å². The Bertz CT molecular complexity index is 709. The molecule has 6 heteroatoms. The lowest BCUT2D eigenvalue weighted by atomic mass is 9.96. The zero-order chi connectivity index (χ0) is 14.4. The van der Waals surface area contributed by atoms with Crippen molar-refractivity contribution in [3.8, 4) is 5.75 Å². The summed E-state index contributed by atoms with van der Waals surface area (Å²) >= 11 is 12.4. The summed E-state index contributed by atoms with van der Waals surface area (Å²) in [7, 11) is 1.58. The topological polar surface area (TPSA) is 54.1 Å². The summed E-state index contributed by atoms with van der Waals surface area (Å²) in [4.78, 5) is 15.3. The molecule has 0 saturated carbocycles. The molecular weight excluding hydrogens is 299 g/mol. The van der Waals surface area contributed by atoms with Crippen LogP contribution in [-0.2, 0) is 11.2 Å². The summed E-state index contributed by atoms with van der Waals surface area (Å²) in [6.07, 6.45) is 0.733. The van der Waals surface area contributed by atoms with Crippen LogP contribution in [0.4, 0.5) is 0 Å². The standard InChI is InChI=1S/C14H14Cl2N2O2/c1-6-10-8(3-4-17-14(6)19)18-13-11(10)9(20-2)5-7(15)12(13)16/h5-6,18H,3-4H2,1-2H3,(H,17,19). The monoisotopic (exact) mass is 312 g/mol. The third-order valence-electron chi connectivity index (χ3n) is 3.77. The molecule has 1 aliphatic heterocycles. The van der Waals surface area contributed by atoms with Gasteiger partial charge in [0.25, 0.3) is 0 Å². The van der Waals surface area contributed by atoms with Gasteiger partial charge < -0.3 is 15.0 Å². The first-order valence-electron chi connectivity index (χ1n) is 6.38. The van der Waals surface area contributed by atoms with E-state index in [1.807, 2.05) is 6.92 Å². The molecule has 1 aromatic carbocycles. The molecule has 1 aromatic heterocycles. The van der Waals surface area contributed by atoms with Crippen LogP contribution in [0.5, 0.6) is 5.75 Å². The third-order valence-corrected chi connectivity index (χ3v) is 4.56. The number of aromatic amines is 1. The van der Waals surface area contributed by atoms with Crippen molar-refractivity contribution in [3.63, 3.8) is 0 Å². The van der Waals surface area contributed by atoms with E-state index in [-0.39, 0.29) is 11.8 Å². The quantitative estimate of drug-likeness (QED) is 0.849. The molecule has 2 N–H and O–H groups in total. The highest BCUT2D eigenvalue weighted by Gasteiger charge is 2.28. The Labute approximate surface area is 126 Å². The van der Waals surface area contributed by atoms with E-state index in [9.17, 15) is 4.79 Å². The third kappa shape index (κ3) is 1.86. The Morgan fingerprint density at radius 1 is 1.40 bits per heavy atom. The number of amides is 1. The van der Waals surface area contributed by atoms with E-state index in [1.54, 1.807) is 13.2 Å². The number of rotatable bonds is 1. The maximum Gasteiger partial charge on any atom is 0.227 e. The summed E-state index contributed by atoms with van der Waals surface area (Å²) in [6, 6.07) is 1.69. The number of fused-ring (bicyclic) bond motifs is 3. The fourth-order valence-corrected chi connectivity index (χ4v) is 3.18. The van der Waals surface area contributed by atoms with Gasteiger partial charge in [0, 0.05) is 30.1 Å². The number of nitrogens with one attached hydrogen (secondary N) is 2. The molecule has 0 saturated heterocycles. The molecule has 4 nitrogen and oxygen atoms in total. The van der Waals surface area contributed by atoms with Gasteiger partial charge in [0.2, 0.25) is 5.91 Å². The molecule has 20 heavy (non-hydrogen) atoms. The van der Waals surface area contributed by atoms with Crippen LogP contribution < -0.4 is 10.1 Å². The Hall–Kier alpha value is -1.39. The van der Waals surface area contributed by atoms with Gasteiger partial charge in [0.05, 0.1) is 28.6 Å². The molecule has 1 atom stereocenters. The van der Waals surface area contributed by atoms with Gasteiger partial charge in [-0.25, -0.2) is 0 Å². The maximum atomic E-state index is 12.0. The van der Waals surface area contributed by atoms with Gasteiger partial charge in [-0.15, -0.1) is 0 Å². The van der Waals surface area contributed by atoms with Crippen LogP contribution in [0, 0.1) is 0 Å². The number of halogens is 2. The molecule has 3 rings (SSSR count). The van der Waals surface area contributed by atoms with Crippen molar-refractivity contribution < 1.29 is 9.53 Å². The summed E-state index contributed by atoms with van der Waals surface area (Å²) in [5.74, 6) is 0.388. The number of hydrogen-bond donors (Lipinski definition) is 2. The number of ether oxygens (including phenoxy) is 1. The molecule has 0 fully saturated rings. The van der Waals surface area contributed by atoms with Crippen LogP contribution in [0.15, 0.2) is 6.07 Å². The summed E-state index contributed by atoms with van der Waals surface area (Å²) in [5.41, 5.74) is 2.70. The largest absolute Gasteiger partial charge is 0.496 e. The maximum absolute atomic E-state index is 12.0. The van der Waals surface area contributed by atoms with Crippen molar-refractivity contribution in [1.82, 2.24) is 10.3 Å². The van der Waals surface area contributed by atoms with E-state index in [0.717, 1.165) is 28.6 Å². The SMILES string of the molecule is COc1cc(Cl)c(Cl)c2[nH]c3c(c12)C(C)C(=O)NCC3. The van der Waals surface area contributed by atoms with E-state index >= 15 is 0 Å². The highest BCUT2D eigenvalue weighted by Crippen LogP contribution is 2.43. The second kappa shape index (κ2) is 4.86. The minimum Gasteiger partial charge on any atom is -0.496 e. The van der Waals surface area contributed by atoms with Crippen molar-refractivity contribution in [2.75, 3.05) is 13.7 Å². The van der Waals surface area contributed by atoms with Gasteiger partial charge in [-0.1, -0.05) is 23.2 Å². The normalized spacial score (nSPS) is 18.6. The summed E-state index contributed by atoms with van der Waals surface area (Å²) in [5, 5.41) is 4.64. The molecular formula is C14H14Cl2N2O2. The Balaban J connectivity index is 2.40. The molecule has 0 aliphatic carbocycles. The Morgan fingerprint density at radius 2 is 2.15 bits per heavy atom. The smallest absolute Gasteiger partial charge is 0.227 e. The molecule has 0 radical (unpaired) electrons. The molecule has 2 aromatic rings. The summed E-state index contributed by atoms with van der Waals surface area (Å²) in [6.45, 7) is 2.49. The van der Waals surface area contributed by atoms with Crippen LogP contribution >= 0.6 is 23.2 Å². The molecule has 0 bridgehead atoms. The zero-order valence-corrected chi connectivity index (χ0v) is 12.7. The molecule has 106 valence electrons. The Kier molecular flexibility index (Phi) is 3.30. The molecule has 2 heterocycles. The number of aromatic nitrogens is 1. The lowest BCUT2D eigenvalue weighted by Gasteiger charge is -2.11. The first kappa shape index (κ1) is 13.6. The zero-order valence-electron chi connectivity index (χ0n) is 11.1. The predicted octanol–water partition coefficient (Wildman–Crippen LogP) is 3.26. The van der Waals surface area contributed by atoms with E-state index in [2.05, 4.69) is 10.3 Å². The fourth-order valence-electron chi connectivity index (χ4n) is 2.79. The van der Waals surface area contributed by atoms with Gasteiger partial charge in [-0.05, 0) is 12.5 Å². The van der Waals surface area contributed by atoms with Gasteiger partial charge >= 0.3 is 0 Å². The second-order valence-corrected chi connectivity index (χ2v) is 5.69. The summed E-state index contributed by atoms with van der Waals surface area (Å²) < 4.78 is 5.42. The van der Waals surface area contributed by atoms with Crippen molar-refractivity contribution >= 4 is 40.0 Å². The first-order valence-corrected chi connectivity index (χ1v) is 7.14. The number of methoxy groups -OCH3 is 1. The van der Waals surface area contributed by atoms with Crippen LogP contribution in [0.25, 0.3) is 10.9 Å². The Morgan fingerprint density at radius 3 is 2.85 bits per heavy atom. The van der Waals surface area contributed by atoms with E-state index in [4.69, 9.17) is 27.9 Å². The molecule has 1 aliphatic rings. The predicted molar refractivity (Wildman–Crippen MR) is 80.0 cm³/mol. The lowest BCUT2D eigenvalue weighted by Crippen LogP contribution is -2.26. The number of carbonyl (C=O) groups is 1. The first-order chi connectivity index (χ1) is 9.54. The molecule has 1 unspecified atom stereocenters. The number of benzene rings is 1. The minimum absolute atomic E-state index is 0.0118. The van der Waals surface area contributed by atoms with Gasteiger partial charge in [0.15, 0.2) is 0 Å². The molecule has 1 amide bonds. The average Bonchev–Trinajstić information content (AvgIpc) is 2.75. The van der Waals surface area contributed by atoms with Gasteiger partial charge in [-0.3, -0.25) is 4.79 Å². The van der Waals surface area contributed by atoms with Crippen molar-refractivity contribution in [2.45, 2.75) is 19.3 Å². The number of H-pyrrole nitrogens is 1. The second-order valence-electron chi connectivity index (χ2n) is 4.90. The number of carbonyl (C=O) groups excluding carboxylic acids is 1. The van der Waals surface area contributed by atoms with E-state index in [0.29, 0.717) is 22.3 Å². The highest BCUT2D eigenvalue weighted by molar-refractivity contribution is 6.45. The average molecular weight is 313 g/mol. The minimum atomic E-state index is -0.257. The van der Waals surface area contributed by atoms with Crippen molar-refractivity contribution in [1.29, 1.82) is 0 Å². The van der Waals surface area contributed by atoms with Crippen LogP contribution in [0.1, 0.15) is 24.1 Å². The molecule has 0 spiro atoms. The van der Waals surface area contributed by atoms with Crippen molar-refractivity contribution in [3.05, 3.63) is 27.4 Å². The van der Waals surface area contributed by atoms with Crippen LogP contribution in [0.2, 0.25) is 10.0 Å². The lowest BCUT2D eigenvalue weighted by molar-refractivity contribution is -0.121. The highest BCUT2D eigenvalue weighted by atomic mass is 35.5. The van der Waals surface area contributed by atoms with Crippen LogP contribution in [0.3, 0.4) is 0 Å². The van der Waals surface area contributed by atoms with Gasteiger partial charge in [-0.2, -0.15) is 0 Å². The number of hydrogen-bond acceptors (Lipinski definition) is 2. The fraction of sp³-hybridized carbons (Fsp3) is 0.357. The van der Waals surface area contributed by atoms with Crippen LogP contribution in [-0.4, -0.2) is 24.5 Å². The van der Waals surface area contributed by atoms with E-state index in [1.165, 1.54) is 0 Å². The van der Waals surface area contributed by atoms with Crippen molar-refractivity contribution in [2.24, 2.45) is 0 Å².